The molecule has 29 heavy (non-hydrogen) atoms. The largest absolute Gasteiger partial charge is 0.322 e. The number of aryl methyl sites for hydroxylation is 1. The second-order valence-corrected chi connectivity index (χ2v) is 6.82. The average Bonchev–Trinajstić information content (AvgIpc) is 2.73. The molecule has 4 heteroatoms. The zero-order chi connectivity index (χ0) is 20.6. The van der Waals surface area contributed by atoms with Crippen molar-refractivity contribution in [3.63, 3.8) is 0 Å². The van der Waals surface area contributed by atoms with E-state index in [1.54, 1.807) is 12.4 Å². The van der Waals surface area contributed by atoms with Gasteiger partial charge in [0.05, 0.1) is 11.3 Å². The Morgan fingerprint density at radius 1 is 1.17 bits per heavy atom. The number of rotatable bonds is 4. The molecule has 0 unspecified atom stereocenters. The maximum Gasteiger partial charge on any atom is 0.257 e. The van der Waals surface area contributed by atoms with Gasteiger partial charge in [0, 0.05) is 24.3 Å². The molecule has 0 fully saturated rings. The Balaban J connectivity index is 1.87. The highest BCUT2D eigenvalue weighted by atomic mass is 16.1. The highest BCUT2D eigenvalue weighted by molar-refractivity contribution is 6.05. The molecule has 0 spiro atoms. The lowest BCUT2D eigenvalue weighted by molar-refractivity contribution is 0.102. The monoisotopic (exact) mass is 383 g/mol. The minimum atomic E-state index is -0.159. The number of anilines is 1. The van der Waals surface area contributed by atoms with Crippen LogP contribution in [0.2, 0.25) is 0 Å². The summed E-state index contributed by atoms with van der Waals surface area (Å²) >= 11 is 0. The average molecular weight is 383 g/mol. The summed E-state index contributed by atoms with van der Waals surface area (Å²) in [5.41, 5.74) is 6.20. The molecule has 1 aromatic heterocycles. The van der Waals surface area contributed by atoms with E-state index in [9.17, 15) is 4.79 Å². The first-order valence-electron chi connectivity index (χ1n) is 9.69. The highest BCUT2D eigenvalue weighted by Crippen LogP contribution is 2.25. The minimum absolute atomic E-state index is 0.159. The first-order chi connectivity index (χ1) is 14.1. The zero-order valence-electron chi connectivity index (χ0n) is 16.9. The number of nitrogens with zero attached hydrogens (tertiary/aromatic N) is 2. The molecule has 0 bridgehead atoms. The third kappa shape index (κ3) is 5.26. The summed E-state index contributed by atoms with van der Waals surface area (Å²) in [6, 6.07) is 7.91. The molecular weight excluding hydrogens is 358 g/mol. The van der Waals surface area contributed by atoms with E-state index in [-0.39, 0.29) is 5.91 Å². The second kappa shape index (κ2) is 9.60. The molecule has 1 aromatic carbocycles. The molecule has 1 aliphatic heterocycles. The van der Waals surface area contributed by atoms with Gasteiger partial charge in [0.2, 0.25) is 0 Å². The predicted octanol–water partition coefficient (Wildman–Crippen LogP) is 5.69. The predicted molar refractivity (Wildman–Crippen MR) is 121 cm³/mol. The van der Waals surface area contributed by atoms with Gasteiger partial charge in [-0.15, -0.1) is 0 Å². The number of pyridine rings is 1. The van der Waals surface area contributed by atoms with Crippen LogP contribution >= 0.6 is 0 Å². The van der Waals surface area contributed by atoms with Crippen molar-refractivity contribution in [3.8, 4) is 0 Å². The van der Waals surface area contributed by atoms with E-state index in [1.807, 2.05) is 67.8 Å². The molecule has 2 heterocycles. The van der Waals surface area contributed by atoms with Crippen LogP contribution in [-0.2, 0) is 6.42 Å². The SMILES string of the molecule is C=C1/C=C\C=C(\c2cncc(C(=O)Nc3ccc(CC)cc3)c2C)C/C=C\C=N1. The van der Waals surface area contributed by atoms with Gasteiger partial charge in [-0.3, -0.25) is 14.8 Å². The molecule has 0 saturated carbocycles. The first-order valence-corrected chi connectivity index (χ1v) is 9.69. The lowest BCUT2D eigenvalue weighted by Crippen LogP contribution is -2.14. The summed E-state index contributed by atoms with van der Waals surface area (Å²) in [5, 5.41) is 2.97. The highest BCUT2D eigenvalue weighted by Gasteiger charge is 2.14. The zero-order valence-corrected chi connectivity index (χ0v) is 16.9. The van der Waals surface area contributed by atoms with Crippen LogP contribution in [0.5, 0.6) is 0 Å². The van der Waals surface area contributed by atoms with E-state index in [0.29, 0.717) is 11.3 Å². The van der Waals surface area contributed by atoms with E-state index >= 15 is 0 Å². The Labute approximate surface area is 172 Å². The standard InChI is InChI=1S/C25H25N3O/c1-4-20-11-13-22(14-12-20)28-25(29)24-17-26-16-23(19(24)3)21-9-5-6-15-27-18(2)8-7-10-21/h5-8,10-17H,2,4,9H2,1,3H3,(H,28,29)/b6-5-,8-7-,21-10+,27-15?. The fourth-order valence-corrected chi connectivity index (χ4v) is 3.08. The summed E-state index contributed by atoms with van der Waals surface area (Å²) in [6.45, 7) is 7.94. The molecule has 0 radical (unpaired) electrons. The van der Waals surface area contributed by atoms with E-state index in [1.165, 1.54) is 5.56 Å². The smallest absolute Gasteiger partial charge is 0.257 e. The molecule has 3 rings (SSSR count). The van der Waals surface area contributed by atoms with Gasteiger partial charge < -0.3 is 5.32 Å². The van der Waals surface area contributed by atoms with Crippen LogP contribution in [0.25, 0.3) is 5.57 Å². The lowest BCUT2D eigenvalue weighted by atomic mass is 9.96. The van der Waals surface area contributed by atoms with Crippen molar-refractivity contribution in [1.29, 1.82) is 0 Å². The number of benzene rings is 1. The molecule has 4 nitrogen and oxygen atoms in total. The fraction of sp³-hybridized carbons (Fsp3) is 0.160. The van der Waals surface area contributed by atoms with Crippen LogP contribution in [0.4, 0.5) is 5.69 Å². The van der Waals surface area contributed by atoms with Crippen LogP contribution in [-0.4, -0.2) is 17.1 Å². The van der Waals surface area contributed by atoms with Crippen molar-refractivity contribution >= 4 is 23.4 Å². The number of hydrogen-bond acceptors (Lipinski definition) is 3. The number of nitrogens with one attached hydrogen (secondary N) is 1. The van der Waals surface area contributed by atoms with Crippen molar-refractivity contribution in [1.82, 2.24) is 4.98 Å². The van der Waals surface area contributed by atoms with Gasteiger partial charge in [0.25, 0.3) is 5.91 Å². The number of carbonyl (C=O) groups excluding carboxylic acids is 1. The summed E-state index contributed by atoms with van der Waals surface area (Å²) in [4.78, 5) is 21.4. The molecule has 0 aliphatic carbocycles. The van der Waals surface area contributed by atoms with Crippen molar-refractivity contribution in [2.45, 2.75) is 26.7 Å². The summed E-state index contributed by atoms with van der Waals surface area (Å²) < 4.78 is 0. The van der Waals surface area contributed by atoms with E-state index in [0.717, 1.165) is 35.2 Å². The van der Waals surface area contributed by atoms with Crippen molar-refractivity contribution in [3.05, 3.63) is 102 Å². The molecule has 0 saturated heterocycles. The molecule has 0 atom stereocenters. The Bertz CT molecular complexity index is 1020. The number of amides is 1. The Morgan fingerprint density at radius 3 is 2.72 bits per heavy atom. The number of carbonyl (C=O) groups is 1. The topological polar surface area (TPSA) is 54.4 Å². The van der Waals surface area contributed by atoms with Crippen LogP contribution in [0.3, 0.4) is 0 Å². The van der Waals surface area contributed by atoms with E-state index < -0.39 is 0 Å². The Morgan fingerprint density at radius 2 is 1.97 bits per heavy atom. The number of hydrogen-bond donors (Lipinski definition) is 1. The summed E-state index contributed by atoms with van der Waals surface area (Å²) in [7, 11) is 0. The normalized spacial score (nSPS) is 17.9. The van der Waals surface area contributed by atoms with E-state index in [4.69, 9.17) is 0 Å². The van der Waals surface area contributed by atoms with Gasteiger partial charge in [-0.05, 0) is 66.3 Å². The van der Waals surface area contributed by atoms with Gasteiger partial charge in [0.15, 0.2) is 0 Å². The molecule has 1 N–H and O–H groups in total. The Kier molecular flexibility index (Phi) is 6.69. The van der Waals surface area contributed by atoms with Crippen LogP contribution in [0, 0.1) is 6.92 Å². The number of allylic oxidation sites excluding steroid dienone is 6. The summed E-state index contributed by atoms with van der Waals surface area (Å²) in [6.07, 6.45) is 16.6. The second-order valence-electron chi connectivity index (χ2n) is 6.82. The van der Waals surface area contributed by atoms with Crippen LogP contribution in [0.1, 0.15) is 40.4 Å². The molecule has 1 amide bonds. The van der Waals surface area contributed by atoms with Crippen LogP contribution < -0.4 is 5.32 Å². The maximum atomic E-state index is 12.9. The minimum Gasteiger partial charge on any atom is -0.322 e. The first kappa shape index (κ1) is 20.2. The van der Waals surface area contributed by atoms with Gasteiger partial charge in [-0.25, -0.2) is 0 Å². The third-order valence-electron chi connectivity index (χ3n) is 4.81. The molecule has 2 aromatic rings. The maximum absolute atomic E-state index is 12.9. The van der Waals surface area contributed by atoms with Gasteiger partial charge in [0.1, 0.15) is 0 Å². The number of aromatic nitrogens is 1. The fourth-order valence-electron chi connectivity index (χ4n) is 3.08. The van der Waals surface area contributed by atoms with Crippen molar-refractivity contribution in [2.24, 2.45) is 4.99 Å². The van der Waals surface area contributed by atoms with Crippen molar-refractivity contribution < 1.29 is 4.79 Å². The van der Waals surface area contributed by atoms with Gasteiger partial charge in [-0.1, -0.05) is 43.9 Å². The molecular formula is C25H25N3O. The van der Waals surface area contributed by atoms with Crippen LogP contribution in [0.15, 0.2) is 84.3 Å². The number of aliphatic imine (C=N–C) groups is 1. The van der Waals surface area contributed by atoms with E-state index in [2.05, 4.69) is 28.8 Å². The molecule has 146 valence electrons. The quantitative estimate of drug-likeness (QED) is 0.737. The van der Waals surface area contributed by atoms with Crippen molar-refractivity contribution in [2.75, 3.05) is 5.32 Å². The Hall–Kier alpha value is -3.53. The van der Waals surface area contributed by atoms with Gasteiger partial charge in [-0.2, -0.15) is 0 Å². The lowest BCUT2D eigenvalue weighted by Gasteiger charge is -2.13. The molecule has 1 aliphatic rings. The summed E-state index contributed by atoms with van der Waals surface area (Å²) in [5.74, 6) is -0.159. The van der Waals surface area contributed by atoms with Gasteiger partial charge >= 0.3 is 0 Å². The third-order valence-corrected chi connectivity index (χ3v) is 4.81.